The molecule has 7 heterocycles. The van der Waals surface area contributed by atoms with Crippen molar-refractivity contribution in [3.05, 3.63) is 73.1 Å². The summed E-state index contributed by atoms with van der Waals surface area (Å²) in [6, 6.07) is 10.6. The van der Waals surface area contributed by atoms with Crippen LogP contribution in [0.1, 0.15) is 34.9 Å². The van der Waals surface area contributed by atoms with Crippen molar-refractivity contribution in [2.45, 2.75) is 61.5 Å². The van der Waals surface area contributed by atoms with Gasteiger partial charge < -0.3 is 28.4 Å². The van der Waals surface area contributed by atoms with Crippen molar-refractivity contribution in [1.82, 2.24) is 39.0 Å². The van der Waals surface area contributed by atoms with Crippen molar-refractivity contribution in [3.63, 3.8) is 0 Å². The Kier molecular flexibility index (Phi) is 11.0. The zero-order valence-electron chi connectivity index (χ0n) is 28.8. The van der Waals surface area contributed by atoms with E-state index in [0.717, 1.165) is 0 Å². The number of nitrogens with zero attached hydrogens (tertiary/aromatic N) is 9. The van der Waals surface area contributed by atoms with E-state index in [4.69, 9.17) is 44.1 Å². The van der Waals surface area contributed by atoms with E-state index in [9.17, 15) is 24.6 Å². The van der Waals surface area contributed by atoms with Gasteiger partial charge >= 0.3 is 15.0 Å². The Balaban J connectivity index is 1.04. The van der Waals surface area contributed by atoms with Crippen molar-refractivity contribution >= 4 is 54.9 Å². The van der Waals surface area contributed by atoms with Gasteiger partial charge in [0.25, 0.3) is 0 Å². The van der Waals surface area contributed by atoms with Gasteiger partial charge in [0.15, 0.2) is 47.4 Å². The van der Waals surface area contributed by atoms with Crippen LogP contribution in [0.2, 0.25) is 0 Å². The van der Waals surface area contributed by atoms with E-state index < -0.39 is 76.8 Å². The second-order valence-corrected chi connectivity index (χ2v) is 16.5. The molecule has 0 radical (unpaired) electrons. The topological polar surface area (TPSA) is 250 Å². The molecule has 3 saturated heterocycles. The highest BCUT2D eigenvalue weighted by Crippen LogP contribution is 2.57. The lowest BCUT2D eigenvalue weighted by atomic mass is 10.0. The molecule has 10 atom stereocenters. The number of alkyl halides is 1. The lowest BCUT2D eigenvalue weighted by Gasteiger charge is -2.33. The Morgan fingerprint density at radius 1 is 1.11 bits per heavy atom. The number of aliphatic hydroxyl groups excluding tert-OH is 1. The maximum Gasteiger partial charge on any atom is 0.695 e. The summed E-state index contributed by atoms with van der Waals surface area (Å²) in [5.74, 6) is -0.181. The highest BCUT2D eigenvalue weighted by molar-refractivity contribution is 8.07. The maximum atomic E-state index is 16.3. The first kappa shape index (κ1) is 38.7. The number of rotatable bonds is 16. The third kappa shape index (κ3) is 7.26. The van der Waals surface area contributed by atoms with Crippen molar-refractivity contribution in [1.29, 1.82) is 5.26 Å². The van der Waals surface area contributed by atoms with Gasteiger partial charge in [0.1, 0.15) is 42.0 Å². The first-order valence-electron chi connectivity index (χ1n) is 17.0. The molecule has 0 aliphatic carbocycles. The molecule has 3 fully saturated rings. The number of carbonyl (C=O) groups is 1. The van der Waals surface area contributed by atoms with Crippen molar-refractivity contribution in [2.75, 3.05) is 26.4 Å². The van der Waals surface area contributed by atoms with Crippen molar-refractivity contribution in [3.8, 4) is 6.07 Å². The first-order valence-corrected chi connectivity index (χ1v) is 20.7. The molecular weight excluding hydrogens is 799 g/mol. The lowest BCUT2D eigenvalue weighted by Crippen LogP contribution is -2.45. The predicted octanol–water partition coefficient (Wildman–Crippen LogP) is 2.58. The molecule has 56 heavy (non-hydrogen) atoms. The van der Waals surface area contributed by atoms with E-state index in [-0.39, 0.29) is 43.1 Å². The Morgan fingerprint density at radius 3 is 2.68 bits per heavy atom. The van der Waals surface area contributed by atoms with Crippen LogP contribution in [-0.2, 0) is 55.1 Å². The molecule has 4 aromatic heterocycles. The minimum absolute atomic E-state index is 0.0621. The second-order valence-electron chi connectivity index (χ2n) is 12.8. The minimum Gasteiger partial charge on any atom is -0.394 e. The zero-order valence-corrected chi connectivity index (χ0v) is 31.4. The molecule has 2 unspecified atom stereocenters. The number of benzene rings is 1. The quantitative estimate of drug-likeness (QED) is 0.0823. The van der Waals surface area contributed by atoms with Gasteiger partial charge in [0, 0.05) is 10.1 Å². The molecule has 8 rings (SSSR count). The average Bonchev–Trinajstić information content (AvgIpc) is 4.02. The molecule has 2 bridgehead atoms. The van der Waals surface area contributed by atoms with Crippen LogP contribution in [0.25, 0.3) is 22.3 Å². The number of imidazole rings is 2. The van der Waals surface area contributed by atoms with Gasteiger partial charge in [0.2, 0.25) is 0 Å². The highest BCUT2D eigenvalue weighted by Gasteiger charge is 2.67. The number of nitriles is 1. The van der Waals surface area contributed by atoms with Crippen LogP contribution in [0.3, 0.4) is 0 Å². The number of halogens is 1. The summed E-state index contributed by atoms with van der Waals surface area (Å²) in [6.07, 6.45) is -2.81. The van der Waals surface area contributed by atoms with Gasteiger partial charge in [-0.3, -0.25) is 18.5 Å². The van der Waals surface area contributed by atoms with E-state index in [1.807, 2.05) is 6.07 Å². The summed E-state index contributed by atoms with van der Waals surface area (Å²) < 4.78 is 73.1. The van der Waals surface area contributed by atoms with E-state index >= 15 is 4.39 Å². The monoisotopic (exact) mass is 830 g/mol. The standard InChI is InChI=1S/C32H30FN9O11P2S/c33-23-25(22(11-43)50-30(23)41-16-39-20-10-35-14-37-28(20)41)53-55(56,48-8-4-7-34)49-13-32-12-47-26(27(32)52-54(45)46)31(51-32)42-17-40-24-19(36-15-38-29(24)42)9-21(44)18-5-2-1-3-6-18/h1-3,5-6,10,14-17,22-23,25-27,30-31,43H,4,8-9,11-13H2/p+1/t22-,23-,25-,26-,27+,30-,31-,32+,55?/m1/s1. The molecule has 1 aromatic carbocycles. The van der Waals surface area contributed by atoms with Crippen LogP contribution >= 0.6 is 15.0 Å². The Bertz CT molecular complexity index is 2360. The molecule has 0 amide bonds. The number of carbonyl (C=O) groups excluding carboxylic acids is 1. The number of hydrogen-bond donors (Lipinski definition) is 2. The fraction of sp³-hybridized carbons (Fsp3) is 0.438. The van der Waals surface area contributed by atoms with Gasteiger partial charge in [-0.2, -0.15) is 5.26 Å². The molecule has 24 heteroatoms. The number of ketones is 1. The molecule has 292 valence electrons. The second kappa shape index (κ2) is 16.0. The minimum atomic E-state index is -4.05. The lowest BCUT2D eigenvalue weighted by molar-refractivity contribution is -0.183. The van der Waals surface area contributed by atoms with E-state index in [1.165, 1.54) is 40.6 Å². The van der Waals surface area contributed by atoms with Gasteiger partial charge in [-0.15, -0.1) is 9.42 Å². The molecule has 0 spiro atoms. The number of aliphatic hydroxyl groups is 1. The fourth-order valence-corrected chi connectivity index (χ4v) is 9.49. The van der Waals surface area contributed by atoms with Crippen LogP contribution in [0, 0.1) is 11.3 Å². The summed E-state index contributed by atoms with van der Waals surface area (Å²) in [5.41, 5.74) is 0.511. The van der Waals surface area contributed by atoms with Gasteiger partial charge in [-0.25, -0.2) is 34.3 Å². The molecule has 2 N–H and O–H groups in total. The number of Topliss-reactive ketones (excluding diaryl/α,β-unsaturated/α-hetero) is 1. The molecule has 5 aromatic rings. The number of fused-ring (bicyclic) bond motifs is 4. The summed E-state index contributed by atoms with van der Waals surface area (Å²) in [7, 11) is -3.20. The average molecular weight is 831 g/mol. The molecule has 3 aliphatic heterocycles. The van der Waals surface area contributed by atoms with Gasteiger partial charge in [-0.1, -0.05) is 30.3 Å². The predicted molar refractivity (Wildman–Crippen MR) is 190 cm³/mol. The Hall–Kier alpha value is -4.20. The fourth-order valence-electron chi connectivity index (χ4n) is 6.87. The van der Waals surface area contributed by atoms with E-state index in [0.29, 0.717) is 22.3 Å². The SMILES string of the molecule is N#CCCOP(=S)(OC[C@]12CO[C@@H]([C@H](n3cnc4c(CC(=O)c5ccccc5)ncnc43)O1)[C@@H]2O[P+](=O)O)O[C@H]1[C@@H](F)[C@H](n2cnc3cncnc32)O[C@@H]1CO. The summed E-state index contributed by atoms with van der Waals surface area (Å²) >= 11 is 5.74. The largest absolute Gasteiger partial charge is 0.695 e. The number of ether oxygens (including phenoxy) is 3. The van der Waals surface area contributed by atoms with E-state index in [1.54, 1.807) is 30.3 Å². The number of hydrogen-bond acceptors (Lipinski definition) is 18. The molecular formula is C32H31FN9O11P2S+. The van der Waals surface area contributed by atoms with Crippen LogP contribution in [-0.4, -0.2) is 117 Å². The maximum absolute atomic E-state index is 16.3. The number of aromatic nitrogens is 8. The van der Waals surface area contributed by atoms with Crippen molar-refractivity contribution < 1.29 is 56.1 Å². The Morgan fingerprint density at radius 2 is 1.89 bits per heavy atom. The van der Waals surface area contributed by atoms with Crippen LogP contribution in [0.4, 0.5) is 4.39 Å². The molecule has 0 saturated carbocycles. The summed E-state index contributed by atoms with van der Waals surface area (Å²) in [6.45, 7) is -5.71. The Labute approximate surface area is 321 Å². The van der Waals surface area contributed by atoms with Crippen LogP contribution in [0.15, 0.2) is 61.8 Å². The third-order valence-corrected chi connectivity index (χ3v) is 12.2. The van der Waals surface area contributed by atoms with Gasteiger partial charge in [-0.05, 0) is 11.8 Å². The summed E-state index contributed by atoms with van der Waals surface area (Å²) in [4.78, 5) is 48.3. The first-order chi connectivity index (χ1) is 27.1. The summed E-state index contributed by atoms with van der Waals surface area (Å²) in [5, 5.41) is 19.4. The molecule has 20 nitrogen and oxygen atoms in total. The van der Waals surface area contributed by atoms with Crippen LogP contribution in [0.5, 0.6) is 0 Å². The normalized spacial score (nSPS) is 28.5. The smallest absolute Gasteiger partial charge is 0.394 e. The van der Waals surface area contributed by atoms with Gasteiger partial charge in [0.05, 0.1) is 69.9 Å². The van der Waals surface area contributed by atoms with Crippen molar-refractivity contribution in [2.24, 2.45) is 0 Å². The van der Waals surface area contributed by atoms with E-state index in [2.05, 4.69) is 29.9 Å². The van der Waals surface area contributed by atoms with Crippen LogP contribution < -0.4 is 0 Å². The zero-order chi connectivity index (χ0) is 39.0. The molecule has 3 aliphatic rings. The highest BCUT2D eigenvalue weighted by atomic mass is 32.5. The third-order valence-electron chi connectivity index (χ3n) is 9.45.